The number of carbonyl (C=O) groups excluding carboxylic acids is 1. The number of likely N-dealkylation sites (tertiary alicyclic amines) is 1. The third-order valence-corrected chi connectivity index (χ3v) is 7.23. The summed E-state index contributed by atoms with van der Waals surface area (Å²) in [5.41, 5.74) is 0.550. The molecule has 0 aliphatic carbocycles. The summed E-state index contributed by atoms with van der Waals surface area (Å²) in [6, 6.07) is 6.18. The van der Waals surface area contributed by atoms with Gasteiger partial charge in [0.05, 0.1) is 4.90 Å². The molecule has 3 rings (SSSR count). The molecule has 25 heavy (non-hydrogen) atoms. The van der Waals surface area contributed by atoms with Crippen molar-refractivity contribution in [3.8, 4) is 0 Å². The van der Waals surface area contributed by atoms with Crippen LogP contribution in [0.3, 0.4) is 0 Å². The van der Waals surface area contributed by atoms with Gasteiger partial charge in [-0.25, -0.2) is 8.42 Å². The Morgan fingerprint density at radius 1 is 1.16 bits per heavy atom. The summed E-state index contributed by atoms with van der Waals surface area (Å²) >= 11 is 0. The summed E-state index contributed by atoms with van der Waals surface area (Å²) in [7, 11) is -1.95. The summed E-state index contributed by atoms with van der Waals surface area (Å²) < 4.78 is 26.3. The Balaban J connectivity index is 0.00000225. The first kappa shape index (κ1) is 20.2. The Morgan fingerprint density at radius 3 is 2.16 bits per heavy atom. The van der Waals surface area contributed by atoms with E-state index in [2.05, 4.69) is 5.32 Å². The van der Waals surface area contributed by atoms with E-state index in [1.165, 1.54) is 16.4 Å². The molecule has 140 valence electrons. The quantitative estimate of drug-likeness (QED) is 0.848. The van der Waals surface area contributed by atoms with Crippen molar-refractivity contribution < 1.29 is 13.2 Å². The molecule has 1 amide bonds. The van der Waals surface area contributed by atoms with Gasteiger partial charge in [0.2, 0.25) is 10.0 Å². The maximum Gasteiger partial charge on any atom is 0.253 e. The Bertz CT molecular complexity index is 709. The molecule has 2 heterocycles. The topological polar surface area (TPSA) is 69.7 Å². The number of hydrogen-bond donors (Lipinski definition) is 1. The Labute approximate surface area is 156 Å². The molecule has 2 atom stereocenters. The number of hydrogen-bond acceptors (Lipinski definition) is 4. The summed E-state index contributed by atoms with van der Waals surface area (Å²) in [6.45, 7) is 7.18. The van der Waals surface area contributed by atoms with Gasteiger partial charge in [0.25, 0.3) is 5.91 Å². The van der Waals surface area contributed by atoms with Crippen LogP contribution in [0.25, 0.3) is 0 Å². The molecule has 0 radical (unpaired) electrons. The van der Waals surface area contributed by atoms with Gasteiger partial charge in [-0.1, -0.05) is 0 Å². The molecule has 1 N–H and O–H groups in total. The minimum Gasteiger partial charge on any atom is -0.338 e. The van der Waals surface area contributed by atoms with E-state index in [0.717, 1.165) is 26.2 Å². The second-order valence-electron chi connectivity index (χ2n) is 7.03. The Hall–Kier alpha value is -1.15. The van der Waals surface area contributed by atoms with Crippen LogP contribution in [-0.4, -0.2) is 62.8 Å². The molecule has 0 spiro atoms. The summed E-state index contributed by atoms with van der Waals surface area (Å²) in [5.74, 6) is 1.09. The van der Waals surface area contributed by atoms with Crippen molar-refractivity contribution in [2.24, 2.45) is 11.8 Å². The lowest BCUT2D eigenvalue weighted by Gasteiger charge is -2.21. The zero-order valence-electron chi connectivity index (χ0n) is 14.8. The smallest absolute Gasteiger partial charge is 0.253 e. The first-order valence-electron chi connectivity index (χ1n) is 8.39. The minimum absolute atomic E-state index is 0. The van der Waals surface area contributed by atoms with E-state index < -0.39 is 10.0 Å². The SMILES string of the molecule is CC(C)N(C)S(=O)(=O)c1ccc(C(=O)N2C[C@H]3CNC[C@H]3C2)cc1.Cl. The molecular weight excluding hydrogens is 362 g/mol. The van der Waals surface area contributed by atoms with Crippen LogP contribution in [0.4, 0.5) is 0 Å². The molecule has 0 aromatic heterocycles. The van der Waals surface area contributed by atoms with Crippen molar-refractivity contribution in [3.63, 3.8) is 0 Å². The van der Waals surface area contributed by atoms with Gasteiger partial charge >= 0.3 is 0 Å². The zero-order valence-corrected chi connectivity index (χ0v) is 16.4. The highest BCUT2D eigenvalue weighted by Gasteiger charge is 2.38. The van der Waals surface area contributed by atoms with Crippen LogP contribution in [0.15, 0.2) is 29.2 Å². The fraction of sp³-hybridized carbons (Fsp3) is 0.588. The van der Waals surface area contributed by atoms with Crippen LogP contribution in [0.2, 0.25) is 0 Å². The van der Waals surface area contributed by atoms with E-state index >= 15 is 0 Å². The minimum atomic E-state index is -3.51. The lowest BCUT2D eigenvalue weighted by Crippen LogP contribution is -2.33. The number of fused-ring (bicyclic) bond motifs is 1. The molecule has 2 fully saturated rings. The zero-order chi connectivity index (χ0) is 17.5. The molecule has 6 nitrogen and oxygen atoms in total. The van der Waals surface area contributed by atoms with Crippen molar-refractivity contribution >= 4 is 28.3 Å². The van der Waals surface area contributed by atoms with Gasteiger partial charge in [-0.15, -0.1) is 12.4 Å². The fourth-order valence-electron chi connectivity index (χ4n) is 3.42. The first-order valence-corrected chi connectivity index (χ1v) is 9.83. The van der Waals surface area contributed by atoms with E-state index in [9.17, 15) is 13.2 Å². The van der Waals surface area contributed by atoms with Crippen LogP contribution in [-0.2, 0) is 10.0 Å². The predicted octanol–water partition coefficient (Wildman–Crippen LogP) is 1.43. The fourth-order valence-corrected chi connectivity index (χ4v) is 4.78. The molecule has 0 bridgehead atoms. The average Bonchev–Trinajstić information content (AvgIpc) is 3.15. The van der Waals surface area contributed by atoms with E-state index in [1.54, 1.807) is 19.2 Å². The maximum atomic E-state index is 12.6. The van der Waals surface area contributed by atoms with Crippen molar-refractivity contribution in [3.05, 3.63) is 29.8 Å². The number of nitrogens with zero attached hydrogens (tertiary/aromatic N) is 2. The average molecular weight is 388 g/mol. The Morgan fingerprint density at radius 2 is 1.68 bits per heavy atom. The molecule has 2 aliphatic rings. The molecule has 1 aromatic carbocycles. The van der Waals surface area contributed by atoms with Crippen LogP contribution in [0.1, 0.15) is 24.2 Å². The van der Waals surface area contributed by atoms with Gasteiger partial charge in [0.15, 0.2) is 0 Å². The number of sulfonamides is 1. The predicted molar refractivity (Wildman–Crippen MR) is 99.5 cm³/mol. The monoisotopic (exact) mass is 387 g/mol. The third kappa shape index (κ3) is 3.84. The van der Waals surface area contributed by atoms with E-state index in [-0.39, 0.29) is 29.3 Å². The number of halogens is 1. The first-order chi connectivity index (χ1) is 11.3. The van der Waals surface area contributed by atoms with E-state index in [0.29, 0.717) is 17.4 Å². The summed E-state index contributed by atoms with van der Waals surface area (Å²) in [6.07, 6.45) is 0. The number of benzene rings is 1. The Kier molecular flexibility index (Phi) is 6.14. The third-order valence-electron chi connectivity index (χ3n) is 5.18. The van der Waals surface area contributed by atoms with Gasteiger partial charge in [0, 0.05) is 44.8 Å². The second kappa shape index (κ2) is 7.61. The number of rotatable bonds is 4. The number of nitrogens with one attached hydrogen (secondary N) is 1. The molecule has 0 unspecified atom stereocenters. The van der Waals surface area contributed by atoms with Crippen molar-refractivity contribution in [2.45, 2.75) is 24.8 Å². The van der Waals surface area contributed by atoms with Gasteiger partial charge in [-0.05, 0) is 49.9 Å². The number of amides is 1. The van der Waals surface area contributed by atoms with Crippen LogP contribution in [0, 0.1) is 11.8 Å². The molecule has 2 aliphatic heterocycles. The van der Waals surface area contributed by atoms with Crippen LogP contribution < -0.4 is 5.32 Å². The molecule has 2 saturated heterocycles. The summed E-state index contributed by atoms with van der Waals surface area (Å²) in [4.78, 5) is 14.7. The molecule has 0 saturated carbocycles. The molecular formula is C17H26ClN3O3S. The van der Waals surface area contributed by atoms with Crippen molar-refractivity contribution in [2.75, 3.05) is 33.2 Å². The van der Waals surface area contributed by atoms with Gasteiger partial charge in [-0.3, -0.25) is 4.79 Å². The molecule has 8 heteroatoms. The van der Waals surface area contributed by atoms with Gasteiger partial charge in [-0.2, -0.15) is 4.31 Å². The molecule has 1 aromatic rings. The lowest BCUT2D eigenvalue weighted by molar-refractivity contribution is 0.0781. The standard InChI is InChI=1S/C17H25N3O3S.ClH/c1-12(2)19(3)24(22,23)16-6-4-13(5-7-16)17(21)20-10-14-8-18-9-15(14)11-20;/h4-7,12,14-15,18H,8-11H2,1-3H3;1H/t14-,15+;. The van der Waals surface area contributed by atoms with Crippen molar-refractivity contribution in [1.82, 2.24) is 14.5 Å². The van der Waals surface area contributed by atoms with Crippen molar-refractivity contribution in [1.29, 1.82) is 0 Å². The summed E-state index contributed by atoms with van der Waals surface area (Å²) in [5, 5.41) is 3.36. The number of carbonyl (C=O) groups is 1. The highest BCUT2D eigenvalue weighted by Crippen LogP contribution is 2.27. The van der Waals surface area contributed by atoms with Crippen LogP contribution >= 0.6 is 12.4 Å². The second-order valence-corrected chi connectivity index (χ2v) is 9.03. The van der Waals surface area contributed by atoms with E-state index in [4.69, 9.17) is 0 Å². The van der Waals surface area contributed by atoms with Gasteiger partial charge in [0.1, 0.15) is 0 Å². The highest BCUT2D eigenvalue weighted by atomic mass is 35.5. The van der Waals surface area contributed by atoms with Crippen LogP contribution in [0.5, 0.6) is 0 Å². The lowest BCUT2D eigenvalue weighted by atomic mass is 10.0. The normalized spacial score (nSPS) is 23.0. The van der Waals surface area contributed by atoms with Gasteiger partial charge < -0.3 is 10.2 Å². The maximum absolute atomic E-state index is 12.6. The van der Waals surface area contributed by atoms with E-state index in [1.807, 2.05) is 18.7 Å². The highest BCUT2D eigenvalue weighted by molar-refractivity contribution is 7.89. The largest absolute Gasteiger partial charge is 0.338 e.